The van der Waals surface area contributed by atoms with Crippen LogP contribution in [0.25, 0.3) is 0 Å². The summed E-state index contributed by atoms with van der Waals surface area (Å²) in [6.07, 6.45) is 3.45. The molecule has 0 unspecified atom stereocenters. The van der Waals surface area contributed by atoms with Gasteiger partial charge in [-0.05, 0) is 25.1 Å². The molecule has 6 nitrogen and oxygen atoms in total. The van der Waals surface area contributed by atoms with Gasteiger partial charge in [0.25, 0.3) is 0 Å². The molecule has 0 saturated carbocycles. The average Bonchev–Trinajstić information content (AvgIpc) is 2.52. The standard InChI is InChI=1S/C16H15IN2O4/c1-10-17-19(14-9-12(21)3-5-16(14)23)7-6-18(10)13-8-11(20)2-4-15(13)22/h2-9,20-23H,1H3/p-1. The van der Waals surface area contributed by atoms with Gasteiger partial charge in [0.15, 0.2) is 0 Å². The first-order chi connectivity index (χ1) is 11.0. The highest BCUT2D eigenvalue weighted by Gasteiger charge is 2.17. The molecule has 0 fully saturated rings. The Morgan fingerprint density at radius 2 is 1.57 bits per heavy atom. The van der Waals surface area contributed by atoms with Crippen LogP contribution in [0.5, 0.6) is 23.0 Å². The maximum absolute atomic E-state index is 12.0. The van der Waals surface area contributed by atoms with Gasteiger partial charge in [-0.1, -0.05) is 11.8 Å². The number of phenols is 3. The Balaban J connectivity index is 1.96. The fourth-order valence-corrected chi connectivity index (χ4v) is 4.53. The van der Waals surface area contributed by atoms with Crippen LogP contribution in [-0.2, 0) is 0 Å². The quantitative estimate of drug-likeness (QED) is 0.390. The molecule has 2 aromatic carbocycles. The maximum Gasteiger partial charge on any atom is 0.140 e. The molecule has 2 aromatic rings. The minimum atomic E-state index is -0.713. The summed E-state index contributed by atoms with van der Waals surface area (Å²) in [5.74, 6) is 0.0110. The van der Waals surface area contributed by atoms with Crippen molar-refractivity contribution in [3.05, 3.63) is 48.8 Å². The third-order valence-corrected chi connectivity index (χ3v) is 5.86. The molecule has 0 atom stereocenters. The molecule has 1 aliphatic heterocycles. The first kappa shape index (κ1) is 15.5. The van der Waals surface area contributed by atoms with Crippen molar-refractivity contribution in [2.75, 3.05) is 8.01 Å². The van der Waals surface area contributed by atoms with Crippen LogP contribution in [0.15, 0.2) is 48.8 Å². The Bertz CT molecular complexity index is 820. The van der Waals surface area contributed by atoms with Gasteiger partial charge in [-0.25, -0.2) is 0 Å². The third kappa shape index (κ3) is 3.04. The van der Waals surface area contributed by atoms with Crippen molar-refractivity contribution in [1.82, 2.24) is 0 Å². The van der Waals surface area contributed by atoms with Crippen LogP contribution >= 0.6 is 21.0 Å². The number of aromatic hydroxyl groups is 3. The zero-order chi connectivity index (χ0) is 16.6. The molecule has 0 aromatic heterocycles. The smallest absolute Gasteiger partial charge is 0.140 e. The van der Waals surface area contributed by atoms with Crippen LogP contribution in [0, 0.1) is 0 Å². The van der Waals surface area contributed by atoms with Gasteiger partial charge in [0.2, 0.25) is 0 Å². The predicted molar refractivity (Wildman–Crippen MR) is 96.1 cm³/mol. The Labute approximate surface area is 143 Å². The molecule has 3 rings (SSSR count). The number of hydrogen-bond donors (Lipinski definition) is 3. The maximum atomic E-state index is 12.0. The lowest BCUT2D eigenvalue weighted by atomic mass is 10.2. The first-order valence-electron chi connectivity index (χ1n) is 6.73. The van der Waals surface area contributed by atoms with Crippen LogP contribution in [-0.4, -0.2) is 19.0 Å². The number of phenolic OH excluding ortho intramolecular Hbond substituents is 3. The van der Waals surface area contributed by atoms with E-state index in [1.54, 1.807) is 17.3 Å². The van der Waals surface area contributed by atoms with Crippen LogP contribution in [0.4, 0.5) is 11.4 Å². The lowest BCUT2D eigenvalue weighted by molar-refractivity contribution is -0.267. The van der Waals surface area contributed by atoms with Crippen molar-refractivity contribution in [3.8, 4) is 23.0 Å². The molecular formula is C16H14IN2O4-. The molecule has 0 aliphatic carbocycles. The zero-order valence-electron chi connectivity index (χ0n) is 12.1. The molecule has 0 spiro atoms. The minimum absolute atomic E-state index is 0.0343. The summed E-state index contributed by atoms with van der Waals surface area (Å²) in [7, 11) is 0. The number of benzene rings is 2. The van der Waals surface area contributed by atoms with Gasteiger partial charge in [-0.2, -0.15) is 0 Å². The van der Waals surface area contributed by atoms with Crippen LogP contribution in [0.3, 0.4) is 0 Å². The summed E-state index contributed by atoms with van der Waals surface area (Å²) in [6.45, 7) is 1.90. The van der Waals surface area contributed by atoms with E-state index in [-0.39, 0.29) is 23.0 Å². The highest BCUT2D eigenvalue weighted by molar-refractivity contribution is 14.2. The molecule has 0 amide bonds. The second-order valence-electron chi connectivity index (χ2n) is 4.89. The number of nitrogens with zero attached hydrogens (tertiary/aromatic N) is 2. The van der Waals surface area contributed by atoms with Crippen LogP contribution in [0.2, 0.25) is 0 Å². The topological polar surface area (TPSA) is 90.2 Å². The number of hydrogen-bond acceptors (Lipinski definition) is 6. The second-order valence-corrected chi connectivity index (χ2v) is 7.97. The minimum Gasteiger partial charge on any atom is -0.871 e. The molecular weight excluding hydrogens is 411 g/mol. The van der Waals surface area contributed by atoms with Gasteiger partial charge in [0.1, 0.15) is 17.2 Å². The van der Waals surface area contributed by atoms with Crippen molar-refractivity contribution in [2.45, 2.75) is 6.92 Å². The molecule has 3 N–H and O–H groups in total. The van der Waals surface area contributed by atoms with Gasteiger partial charge in [0.05, 0.1) is 9.32 Å². The van der Waals surface area contributed by atoms with Gasteiger partial charge in [-0.15, -0.1) is 0 Å². The Kier molecular flexibility index (Phi) is 4.03. The third-order valence-electron chi connectivity index (χ3n) is 3.28. The van der Waals surface area contributed by atoms with Gasteiger partial charge < -0.3 is 25.3 Å². The number of halogens is 1. The summed E-state index contributed by atoms with van der Waals surface area (Å²) in [4.78, 5) is 1.74. The van der Waals surface area contributed by atoms with Gasteiger partial charge in [0, 0.05) is 51.2 Å². The molecule has 7 heteroatoms. The SMILES string of the molecule is CC1=IN(c2cc(O)ccc2O)C=CN1c1cc(O)ccc1[O-]. The Morgan fingerprint density at radius 3 is 2.26 bits per heavy atom. The van der Waals surface area contributed by atoms with Gasteiger partial charge in [-0.3, -0.25) is 3.11 Å². The van der Waals surface area contributed by atoms with Crippen molar-refractivity contribution in [1.29, 1.82) is 0 Å². The second kappa shape index (κ2) is 5.99. The lowest BCUT2D eigenvalue weighted by Gasteiger charge is -2.31. The van der Waals surface area contributed by atoms with Crippen LogP contribution in [0.1, 0.15) is 6.92 Å². The molecule has 0 radical (unpaired) electrons. The van der Waals surface area contributed by atoms with Crippen molar-refractivity contribution >= 4 is 36.0 Å². The number of anilines is 2. The molecule has 1 heterocycles. The Hall–Kier alpha value is -2.42. The summed E-state index contributed by atoms with van der Waals surface area (Å²) in [6, 6.07) is 8.48. The summed E-state index contributed by atoms with van der Waals surface area (Å²) < 4.78 is 2.81. The van der Waals surface area contributed by atoms with Gasteiger partial charge >= 0.3 is 0 Å². The molecule has 120 valence electrons. The lowest BCUT2D eigenvalue weighted by Crippen LogP contribution is -2.27. The average molecular weight is 425 g/mol. The van der Waals surface area contributed by atoms with E-state index in [1.165, 1.54) is 36.4 Å². The highest BCUT2D eigenvalue weighted by atomic mass is 127. The molecule has 0 bridgehead atoms. The summed E-state index contributed by atoms with van der Waals surface area (Å²) in [5, 5.41) is 41.1. The number of rotatable bonds is 2. The van der Waals surface area contributed by atoms with E-state index >= 15 is 0 Å². The zero-order valence-corrected chi connectivity index (χ0v) is 14.3. The van der Waals surface area contributed by atoms with E-state index in [0.29, 0.717) is 11.4 Å². The monoisotopic (exact) mass is 425 g/mol. The Morgan fingerprint density at radius 1 is 0.913 bits per heavy atom. The predicted octanol–water partition coefficient (Wildman–Crippen LogP) is 2.71. The van der Waals surface area contributed by atoms with E-state index in [9.17, 15) is 20.4 Å². The van der Waals surface area contributed by atoms with E-state index in [1.807, 2.05) is 10.0 Å². The highest BCUT2D eigenvalue weighted by Crippen LogP contribution is 2.39. The summed E-state index contributed by atoms with van der Waals surface area (Å²) >= 11 is -0.713. The largest absolute Gasteiger partial charge is 0.871 e. The normalized spacial score (nSPS) is 14.4. The fraction of sp³-hybridized carbons (Fsp3) is 0.0625. The molecule has 23 heavy (non-hydrogen) atoms. The van der Waals surface area contributed by atoms with Crippen molar-refractivity contribution in [3.63, 3.8) is 0 Å². The first-order valence-corrected chi connectivity index (χ1v) is 8.77. The molecule has 0 saturated heterocycles. The molecule has 1 aliphatic rings. The van der Waals surface area contributed by atoms with E-state index in [2.05, 4.69) is 0 Å². The van der Waals surface area contributed by atoms with Crippen molar-refractivity contribution < 1.29 is 20.4 Å². The summed E-state index contributed by atoms with van der Waals surface area (Å²) in [5.41, 5.74) is 0.907. The van der Waals surface area contributed by atoms with E-state index < -0.39 is 21.0 Å². The van der Waals surface area contributed by atoms with Crippen molar-refractivity contribution in [2.24, 2.45) is 0 Å². The fourth-order valence-electron chi connectivity index (χ4n) is 2.18. The van der Waals surface area contributed by atoms with E-state index in [0.717, 1.165) is 3.63 Å². The van der Waals surface area contributed by atoms with Crippen LogP contribution < -0.4 is 13.1 Å². The van der Waals surface area contributed by atoms with E-state index in [4.69, 9.17) is 0 Å².